The fourth-order valence-corrected chi connectivity index (χ4v) is 25.3. The number of hydrogen-bond donors (Lipinski definition) is 2. The number of aryl methyl sites for hydroxylation is 4. The summed E-state index contributed by atoms with van der Waals surface area (Å²) in [6, 6.07) is 33.3. The molecule has 6 heterocycles. The molecule has 0 saturated heterocycles. The highest BCUT2D eigenvalue weighted by molar-refractivity contribution is 7.87. The van der Waals surface area contributed by atoms with E-state index in [-0.39, 0.29) is 17.9 Å². The standard InChI is InChI=1S/C104H160N8.C14H17NO8S.Al/c1-5-9-13-17-21-25-29-33-37-41-45-49-53-57-61-65-69-85-73-77-89-93(81-85)101-105-97(89)110-102-95-83-87(71-67-63-59-55-51-47-43-39-35-31-27-23-19-15-11-7-3)75-79-91(95)99(107-102)112-104-96-84-88(72-68-64-60-56-52-48-44-40-36-32-28-24-20-16-12-8-4)76-80-92(96)100(108-104)111-103-94-82-86(74-78-90(94)98(106-103)109-101)70-66-62-58-54-50-46-42-38-34-30-26-22-18-14-10-6-2;1-9(16)23-12(8-13(17)18)14(19)15-7-6-10-2-4-11(5-3-10)24(20,21)22;/h73-84H,5-72H2,1-4H3;2-5,12H,6-8H2,1H3,(H,15,19)(H,17,18)(H,20,21,22);/q-2;;+3/p-1. The molecule has 0 radical (unpaired) electrons. The quantitative estimate of drug-likeness (QED) is 0.0212. The van der Waals surface area contributed by atoms with Gasteiger partial charge in [0.1, 0.15) is 22.6 Å². The average Bonchev–Trinajstić information content (AvgIpc) is 1.55. The van der Waals surface area contributed by atoms with Crippen molar-refractivity contribution in [3.63, 3.8) is 0 Å². The molecule has 2 N–H and O–H groups in total. The van der Waals surface area contributed by atoms with E-state index < -0.39 is 55.4 Å². The summed E-state index contributed by atoms with van der Waals surface area (Å²) >= 11 is -4.05. The fourth-order valence-electron chi connectivity index (χ4n) is 21.0. The molecule has 1 atom stereocenters. The van der Waals surface area contributed by atoms with Crippen LogP contribution in [-0.4, -0.2) is 89.4 Å². The van der Waals surface area contributed by atoms with E-state index >= 15 is 8.42 Å². The van der Waals surface area contributed by atoms with Gasteiger partial charge in [0.15, 0.2) is 29.4 Å². The summed E-state index contributed by atoms with van der Waals surface area (Å²) in [6.07, 6.45) is 85.0. The predicted octanol–water partition coefficient (Wildman–Crippen LogP) is 31.6. The zero-order valence-corrected chi connectivity index (χ0v) is 87.9. The van der Waals surface area contributed by atoms with Crippen LogP contribution in [0.25, 0.3) is 21.5 Å². The van der Waals surface area contributed by atoms with Gasteiger partial charge in [0, 0.05) is 57.3 Å². The molecular formula is C118H176AlN9O8S. The minimum absolute atomic E-state index is 0.0554. The van der Waals surface area contributed by atoms with Crippen LogP contribution in [0, 0.1) is 0 Å². The van der Waals surface area contributed by atoms with Gasteiger partial charge in [-0.05, 0) is 122 Å². The van der Waals surface area contributed by atoms with Crippen molar-refractivity contribution in [3.8, 4) is 0 Å². The summed E-state index contributed by atoms with van der Waals surface area (Å²) in [5, 5.41) is 15.5. The lowest BCUT2D eigenvalue weighted by Gasteiger charge is -2.19. The van der Waals surface area contributed by atoms with E-state index in [1.807, 2.05) is 7.10 Å². The third kappa shape index (κ3) is 37.0. The Hall–Kier alpha value is -7.69. The molecule has 11 rings (SSSR count). The molecule has 0 fully saturated rings. The Morgan fingerprint density at radius 1 is 0.321 bits per heavy atom. The molecular weight excluding hydrogens is 1730 g/mol. The molecule has 6 bridgehead atoms. The number of benzene rings is 5. The molecule has 19 heteroatoms. The number of aliphatic imine (C=N–C) groups is 4. The number of hydrogen-bond acceptors (Lipinski definition) is 13. The molecule has 750 valence electrons. The zero-order chi connectivity index (χ0) is 96.1. The number of carboxylic acid groups (broad SMARTS) is 1. The van der Waals surface area contributed by atoms with E-state index in [1.54, 1.807) is 12.1 Å². The highest BCUT2D eigenvalue weighted by atomic mass is 32.2. The number of amidine groups is 4. The number of carbonyl (C=O) groups is 3. The van der Waals surface area contributed by atoms with Gasteiger partial charge in [-0.1, -0.05) is 474 Å². The number of unbranched alkanes of at least 4 members (excludes halogenated alkanes) is 60. The van der Waals surface area contributed by atoms with Crippen LogP contribution in [0.3, 0.4) is 0 Å². The van der Waals surface area contributed by atoms with Crippen molar-refractivity contribution >= 4 is 99.4 Å². The van der Waals surface area contributed by atoms with Gasteiger partial charge in [-0.15, -0.1) is 0 Å². The van der Waals surface area contributed by atoms with Gasteiger partial charge in [0.05, 0.1) is 11.3 Å². The molecule has 0 saturated carbocycles. The van der Waals surface area contributed by atoms with Gasteiger partial charge >= 0.3 is 26.9 Å². The summed E-state index contributed by atoms with van der Waals surface area (Å²) in [5.74, 6) is 0.105. The van der Waals surface area contributed by atoms with Crippen molar-refractivity contribution in [2.75, 3.05) is 6.54 Å². The highest BCUT2D eigenvalue weighted by Gasteiger charge is 2.46. The van der Waals surface area contributed by atoms with Crippen molar-refractivity contribution in [2.45, 2.75) is 495 Å². The second kappa shape index (κ2) is 63.3. The molecule has 7 aromatic rings. The number of nitrogens with zero attached hydrogens (tertiary/aromatic N) is 8. The molecule has 4 aliphatic rings. The van der Waals surface area contributed by atoms with Crippen molar-refractivity contribution in [3.05, 3.63) is 158 Å². The maximum atomic E-state index is 16.3. The van der Waals surface area contributed by atoms with Gasteiger partial charge in [0.2, 0.25) is 0 Å². The maximum absolute atomic E-state index is 16.3. The third-order valence-corrected chi connectivity index (χ3v) is 33.7. The first-order chi connectivity index (χ1) is 67.2. The van der Waals surface area contributed by atoms with E-state index in [0.717, 1.165) is 139 Å². The number of aromatic nitrogens is 2. The van der Waals surface area contributed by atoms with E-state index in [1.165, 1.54) is 383 Å². The molecule has 0 aliphatic carbocycles. The van der Waals surface area contributed by atoms with Gasteiger partial charge < -0.3 is 25.5 Å². The van der Waals surface area contributed by atoms with E-state index in [4.69, 9.17) is 37.9 Å². The maximum Gasteiger partial charge on any atom is 0.825 e. The summed E-state index contributed by atoms with van der Waals surface area (Å²) < 4.78 is 49.1. The normalized spacial score (nSPS) is 13.3. The largest absolute Gasteiger partial charge is 0.825 e. The number of nitrogens with one attached hydrogen (secondary N) is 1. The minimum atomic E-state index is -4.77. The lowest BCUT2D eigenvalue weighted by Crippen LogP contribution is -2.49. The van der Waals surface area contributed by atoms with Gasteiger partial charge in [-0.3, -0.25) is 14.4 Å². The number of amides is 1. The van der Waals surface area contributed by atoms with E-state index in [0.29, 0.717) is 51.5 Å². The van der Waals surface area contributed by atoms with Crippen molar-refractivity contribution in [1.29, 1.82) is 0 Å². The Kier molecular flexibility index (Phi) is 50.7. The summed E-state index contributed by atoms with van der Waals surface area (Å²) in [4.78, 5) is 71.4. The number of rotatable bonds is 78. The van der Waals surface area contributed by atoms with Crippen LogP contribution in [-0.2, 0) is 64.6 Å². The molecule has 1 unspecified atom stereocenters. The van der Waals surface area contributed by atoms with Gasteiger partial charge in [-0.2, -0.15) is 8.42 Å². The number of carbonyl (C=O) groups excluding carboxylic acids is 2. The predicted molar refractivity (Wildman–Crippen MR) is 573 cm³/mol. The second-order valence-electron chi connectivity index (χ2n) is 41.0. The first-order valence-electron chi connectivity index (χ1n) is 56.3. The van der Waals surface area contributed by atoms with Crippen LogP contribution < -0.4 is 16.3 Å². The first-order valence-corrected chi connectivity index (χ1v) is 59.2. The number of aliphatic carboxylic acids is 1. The minimum Gasteiger partial charge on any atom is -0.481 e. The first kappa shape index (κ1) is 110. The Bertz CT molecular complexity index is 5160. The van der Waals surface area contributed by atoms with Crippen molar-refractivity contribution < 1.29 is 35.9 Å². The van der Waals surface area contributed by atoms with Crippen molar-refractivity contribution in [1.82, 2.24) is 12.4 Å². The van der Waals surface area contributed by atoms with Crippen molar-refractivity contribution in [2.24, 2.45) is 30.0 Å². The van der Waals surface area contributed by atoms with Gasteiger partial charge in [-0.25, -0.2) is 30.0 Å². The Morgan fingerprint density at radius 2 is 0.613 bits per heavy atom. The van der Waals surface area contributed by atoms with Crippen LogP contribution in [0.1, 0.15) is 502 Å². The van der Waals surface area contributed by atoms with Crippen LogP contribution in [0.4, 0.5) is 11.6 Å². The Labute approximate surface area is 831 Å². The van der Waals surface area contributed by atoms with E-state index in [9.17, 15) is 19.5 Å². The number of ether oxygens (including phenoxy) is 1. The van der Waals surface area contributed by atoms with Gasteiger partial charge in [0.25, 0.3) is 16.0 Å². The summed E-state index contributed by atoms with van der Waals surface area (Å²) in [5.41, 5.74) is 9.83. The molecule has 137 heavy (non-hydrogen) atoms. The molecule has 5 aromatic carbocycles. The second-order valence-corrected chi connectivity index (χ2v) is 44.8. The SMILES string of the molecule is CCCCCCCCCCCCCCCCCCc1ccc2c(c1)C1=NC2=Nc2c3cc(CCCCCCCCCCCCCCCCCC)ccc3c3[n]2[Al]([O]S(=O)(=O)c2ccc(CCNC(=O)C(CC(=O)O)OC(C)=O)cc2)[n]2c(c4ccc(CCCCCCCCCCCCCCCCCC)cc4c2=NC2=NC(=N3)c3cc(CCCCCCCCCCCCCCCCCC)ccc32)=N1. The third-order valence-electron chi connectivity index (χ3n) is 29.3. The summed E-state index contributed by atoms with van der Waals surface area (Å²) in [7, 11) is -4.77. The van der Waals surface area contributed by atoms with Crippen LogP contribution in [0.15, 0.2) is 132 Å². The Morgan fingerprint density at radius 3 is 0.971 bits per heavy atom. The van der Waals surface area contributed by atoms with Crippen LogP contribution in [0.2, 0.25) is 0 Å². The lowest BCUT2D eigenvalue weighted by atomic mass is 9.99. The summed E-state index contributed by atoms with van der Waals surface area (Å²) in [6.45, 7) is 10.4. The smallest absolute Gasteiger partial charge is 0.481 e. The molecule has 1 amide bonds. The highest BCUT2D eigenvalue weighted by Crippen LogP contribution is 2.44. The fraction of sp³-hybridized carbons (Fsp3) is 0.653. The zero-order valence-electron chi connectivity index (χ0n) is 85.9. The van der Waals surface area contributed by atoms with Crippen LogP contribution >= 0.6 is 0 Å². The molecule has 2 aromatic heterocycles. The number of fused-ring (bicyclic) bond motifs is 14. The molecule has 17 nitrogen and oxygen atoms in total. The number of carboxylic acids is 1. The molecule has 0 spiro atoms. The van der Waals surface area contributed by atoms with E-state index in [2.05, 4.69) is 106 Å². The lowest BCUT2D eigenvalue weighted by molar-refractivity contribution is -0.157. The monoisotopic (exact) mass is 1910 g/mol. The van der Waals surface area contributed by atoms with Crippen LogP contribution in [0.5, 0.6) is 0 Å². The number of esters is 1. The molecule has 4 aliphatic heterocycles. The topological polar surface area (TPSA) is 220 Å². The Balaban J connectivity index is 0.948. The average molecular weight is 1910 g/mol.